The minimum absolute atomic E-state index is 0.0182. The number of amides is 1. The largest absolute Gasteiger partial charge is 0.465 e. The summed E-state index contributed by atoms with van der Waals surface area (Å²) in [6.45, 7) is 0.148. The van der Waals surface area contributed by atoms with E-state index in [2.05, 4.69) is 20.3 Å². The molecule has 0 fully saturated rings. The van der Waals surface area contributed by atoms with Gasteiger partial charge < -0.3 is 15.3 Å². The van der Waals surface area contributed by atoms with E-state index in [9.17, 15) is 9.18 Å². The van der Waals surface area contributed by atoms with Gasteiger partial charge in [-0.3, -0.25) is 5.32 Å². The van der Waals surface area contributed by atoms with Gasteiger partial charge in [0.15, 0.2) is 16.9 Å². The fraction of sp³-hybridized carbons (Fsp3) is 0.0625. The van der Waals surface area contributed by atoms with E-state index in [1.165, 1.54) is 23.1 Å². The van der Waals surface area contributed by atoms with Crippen molar-refractivity contribution in [2.75, 3.05) is 11.1 Å². The van der Waals surface area contributed by atoms with E-state index in [1.807, 2.05) is 5.32 Å². The number of furan rings is 1. The number of nitrogens with two attached hydrogens (primary N) is 1. The van der Waals surface area contributed by atoms with Crippen LogP contribution in [-0.4, -0.2) is 36.2 Å². The number of anilines is 2. The van der Waals surface area contributed by atoms with Gasteiger partial charge in [-0.15, -0.1) is 5.10 Å². The summed E-state index contributed by atoms with van der Waals surface area (Å²) in [4.78, 5) is 18.9. The monoisotopic (exact) mass is 369 g/mol. The van der Waals surface area contributed by atoms with Crippen LogP contribution in [0.5, 0.6) is 0 Å². The molecule has 0 radical (unpaired) electrons. The smallest absolute Gasteiger partial charge is 0.409 e. The van der Waals surface area contributed by atoms with Crippen molar-refractivity contribution < 1.29 is 18.7 Å². The average Bonchev–Trinajstić information content (AvgIpc) is 3.27. The molecule has 0 aliphatic rings. The lowest BCUT2D eigenvalue weighted by Gasteiger charge is -2.07. The first-order chi connectivity index (χ1) is 13.0. The first-order valence-corrected chi connectivity index (χ1v) is 7.70. The van der Waals surface area contributed by atoms with Crippen LogP contribution in [-0.2, 0) is 6.54 Å². The number of rotatable bonds is 4. The number of nitrogens with zero attached hydrogens (tertiary/aromatic N) is 5. The van der Waals surface area contributed by atoms with E-state index in [0.29, 0.717) is 28.2 Å². The Hall–Kier alpha value is -4.02. The van der Waals surface area contributed by atoms with Gasteiger partial charge in [0, 0.05) is 0 Å². The lowest BCUT2D eigenvalue weighted by atomic mass is 10.2. The van der Waals surface area contributed by atoms with Gasteiger partial charge in [-0.1, -0.05) is 11.3 Å². The number of hydrogen-bond donors (Lipinski definition) is 3. The molecule has 0 saturated heterocycles. The van der Waals surface area contributed by atoms with Gasteiger partial charge in [-0.05, 0) is 29.8 Å². The molecule has 27 heavy (non-hydrogen) atoms. The number of hydrogen-bond acceptors (Lipinski definition) is 7. The summed E-state index contributed by atoms with van der Waals surface area (Å²) in [6, 6.07) is 7.52. The molecule has 0 spiro atoms. The molecule has 1 amide bonds. The zero-order chi connectivity index (χ0) is 19.0. The van der Waals surface area contributed by atoms with Crippen LogP contribution in [0, 0.1) is 5.82 Å². The number of nitrogens with one attached hydrogen (secondary N) is 1. The van der Waals surface area contributed by atoms with Crippen molar-refractivity contribution in [1.82, 2.24) is 25.0 Å². The molecule has 0 bridgehead atoms. The molecule has 3 heterocycles. The standard InChI is InChI=1S/C16H12FN7O3/c17-9-6-8(3-4-10(9)19-16(25)26)7-24-14-13(22-23-24)12(20-15(18)21-14)11-2-1-5-27-11/h1-6,19H,7H2,(H,25,26)(H2,18,20,21). The van der Waals surface area contributed by atoms with Crippen molar-refractivity contribution >= 4 is 28.9 Å². The SMILES string of the molecule is Nc1nc(-c2ccco2)c2nnn(Cc3ccc(NC(=O)O)c(F)c3)c2n1. The van der Waals surface area contributed by atoms with Crippen molar-refractivity contribution in [3.63, 3.8) is 0 Å². The van der Waals surface area contributed by atoms with E-state index >= 15 is 0 Å². The topological polar surface area (TPSA) is 145 Å². The third-order valence-electron chi connectivity index (χ3n) is 3.74. The van der Waals surface area contributed by atoms with E-state index in [4.69, 9.17) is 15.3 Å². The molecular formula is C16H12FN7O3. The maximum absolute atomic E-state index is 14.0. The second-order valence-electron chi connectivity index (χ2n) is 5.57. The molecule has 1 aromatic carbocycles. The number of carboxylic acid groups (broad SMARTS) is 1. The lowest BCUT2D eigenvalue weighted by Crippen LogP contribution is -2.10. The average molecular weight is 369 g/mol. The van der Waals surface area contributed by atoms with Gasteiger partial charge in [0.05, 0.1) is 18.5 Å². The molecule has 4 rings (SSSR count). The van der Waals surface area contributed by atoms with Crippen molar-refractivity contribution in [2.45, 2.75) is 6.54 Å². The van der Waals surface area contributed by atoms with Crippen LogP contribution in [0.15, 0.2) is 41.0 Å². The highest BCUT2D eigenvalue weighted by Crippen LogP contribution is 2.26. The third-order valence-corrected chi connectivity index (χ3v) is 3.74. The van der Waals surface area contributed by atoms with E-state index in [1.54, 1.807) is 18.2 Å². The van der Waals surface area contributed by atoms with Crippen LogP contribution < -0.4 is 11.1 Å². The summed E-state index contributed by atoms with van der Waals surface area (Å²) in [5.74, 6) is -0.217. The Morgan fingerprint density at radius 2 is 2.19 bits per heavy atom. The maximum Gasteiger partial charge on any atom is 0.409 e. The highest BCUT2D eigenvalue weighted by Gasteiger charge is 2.17. The summed E-state index contributed by atoms with van der Waals surface area (Å²) in [6.07, 6.45) is 0.154. The number of aromatic nitrogens is 5. The second-order valence-corrected chi connectivity index (χ2v) is 5.57. The summed E-state index contributed by atoms with van der Waals surface area (Å²) in [5.41, 5.74) is 7.34. The molecule has 0 unspecified atom stereocenters. The van der Waals surface area contributed by atoms with Crippen LogP contribution >= 0.6 is 0 Å². The highest BCUT2D eigenvalue weighted by molar-refractivity contribution is 5.86. The molecule has 0 aliphatic heterocycles. The minimum Gasteiger partial charge on any atom is -0.465 e. The third kappa shape index (κ3) is 3.13. The van der Waals surface area contributed by atoms with Crippen molar-refractivity contribution in [2.24, 2.45) is 0 Å². The Balaban J connectivity index is 1.71. The molecular weight excluding hydrogens is 357 g/mol. The van der Waals surface area contributed by atoms with E-state index in [-0.39, 0.29) is 18.2 Å². The number of benzene rings is 1. The number of carbonyl (C=O) groups is 1. The predicted octanol–water partition coefficient (Wildman–Crippen LogP) is 2.34. The van der Waals surface area contributed by atoms with Crippen molar-refractivity contribution in [3.05, 3.63) is 48.0 Å². The van der Waals surface area contributed by atoms with Gasteiger partial charge in [-0.25, -0.2) is 18.9 Å². The molecule has 0 saturated carbocycles. The van der Waals surface area contributed by atoms with Gasteiger partial charge in [0.25, 0.3) is 0 Å². The zero-order valence-corrected chi connectivity index (χ0v) is 13.6. The molecule has 136 valence electrons. The fourth-order valence-corrected chi connectivity index (χ4v) is 2.61. The van der Waals surface area contributed by atoms with Gasteiger partial charge in [0.2, 0.25) is 5.95 Å². The van der Waals surface area contributed by atoms with E-state index in [0.717, 1.165) is 0 Å². The minimum atomic E-state index is -1.35. The van der Waals surface area contributed by atoms with Crippen LogP contribution in [0.1, 0.15) is 5.56 Å². The first kappa shape index (κ1) is 16.4. The molecule has 0 atom stereocenters. The van der Waals surface area contributed by atoms with Crippen molar-refractivity contribution in [3.8, 4) is 11.5 Å². The number of fused-ring (bicyclic) bond motifs is 1. The van der Waals surface area contributed by atoms with Crippen LogP contribution in [0.4, 0.5) is 20.8 Å². The molecule has 4 N–H and O–H groups in total. The molecule has 4 aromatic rings. The highest BCUT2D eigenvalue weighted by atomic mass is 19.1. The van der Waals surface area contributed by atoms with Crippen LogP contribution in [0.25, 0.3) is 22.6 Å². The van der Waals surface area contributed by atoms with Crippen LogP contribution in [0.2, 0.25) is 0 Å². The maximum atomic E-state index is 14.0. The summed E-state index contributed by atoms with van der Waals surface area (Å²) in [5, 5.41) is 18.8. The van der Waals surface area contributed by atoms with Crippen molar-refractivity contribution in [1.29, 1.82) is 0 Å². The summed E-state index contributed by atoms with van der Waals surface area (Å²) < 4.78 is 20.8. The quantitative estimate of drug-likeness (QED) is 0.497. The zero-order valence-electron chi connectivity index (χ0n) is 13.6. The second kappa shape index (κ2) is 6.37. The number of halogens is 1. The normalized spacial score (nSPS) is 11.0. The van der Waals surface area contributed by atoms with Gasteiger partial charge in [-0.2, -0.15) is 4.98 Å². The number of nitrogen functional groups attached to an aromatic ring is 1. The lowest BCUT2D eigenvalue weighted by molar-refractivity contribution is 0.209. The molecule has 0 aliphatic carbocycles. The Morgan fingerprint density at radius 3 is 2.89 bits per heavy atom. The summed E-state index contributed by atoms with van der Waals surface area (Å²) >= 11 is 0. The Bertz CT molecular complexity index is 1140. The molecule has 11 heteroatoms. The summed E-state index contributed by atoms with van der Waals surface area (Å²) in [7, 11) is 0. The first-order valence-electron chi connectivity index (χ1n) is 7.70. The molecule has 3 aromatic heterocycles. The van der Waals surface area contributed by atoms with E-state index < -0.39 is 11.9 Å². The van der Waals surface area contributed by atoms with Gasteiger partial charge >= 0.3 is 6.09 Å². The Morgan fingerprint density at radius 1 is 1.33 bits per heavy atom. The Kier molecular flexibility index (Phi) is 3.88. The Labute approximate surface area is 150 Å². The molecule has 10 nitrogen and oxygen atoms in total. The fourth-order valence-electron chi connectivity index (χ4n) is 2.61. The predicted molar refractivity (Wildman–Crippen MR) is 92.4 cm³/mol. The van der Waals surface area contributed by atoms with Crippen LogP contribution in [0.3, 0.4) is 0 Å². The van der Waals surface area contributed by atoms with Gasteiger partial charge in [0.1, 0.15) is 11.5 Å².